The molecular weight excluding hydrogens is 273 g/mol. The Balaban J connectivity index is 2.42. The van der Waals surface area contributed by atoms with Crippen molar-refractivity contribution in [3.05, 3.63) is 0 Å². The van der Waals surface area contributed by atoms with Crippen molar-refractivity contribution in [3.63, 3.8) is 0 Å². The van der Waals surface area contributed by atoms with E-state index >= 15 is 0 Å². The minimum absolute atomic E-state index is 1.09. The fraction of sp³-hybridized carbons (Fsp3) is 1.00. The molecule has 14 heavy (non-hydrogen) atoms. The van der Waals surface area contributed by atoms with Crippen LogP contribution >= 0.6 is 0 Å². The maximum absolute atomic E-state index is 3.57. The second-order valence-electron chi connectivity index (χ2n) is 4.78. The van der Waals surface area contributed by atoms with E-state index in [1.807, 2.05) is 0 Å². The predicted octanol–water partition coefficient (Wildman–Crippen LogP) is 3.44. The molecule has 0 aromatic heterocycles. The van der Waals surface area contributed by atoms with Crippen LogP contribution in [0.4, 0.5) is 0 Å². The molecule has 0 saturated carbocycles. The fourth-order valence-electron chi connectivity index (χ4n) is 2.87. The third kappa shape index (κ3) is 4.57. The first kappa shape index (κ1) is 12.9. The van der Waals surface area contributed by atoms with Crippen molar-refractivity contribution in [2.45, 2.75) is 58.0 Å². The third-order valence-electron chi connectivity index (χ3n) is 3.61. The first-order chi connectivity index (χ1) is 6.88. The Morgan fingerprint density at radius 3 is 2.79 bits per heavy atom. The molecule has 1 rings (SSSR count). The van der Waals surface area contributed by atoms with E-state index in [4.69, 9.17) is 0 Å². The second kappa shape index (κ2) is 8.04. The summed E-state index contributed by atoms with van der Waals surface area (Å²) in [5.41, 5.74) is 0. The normalized spacial score (nSPS) is 24.4. The molecule has 1 heterocycles. The maximum atomic E-state index is 3.57. The van der Waals surface area contributed by atoms with Crippen molar-refractivity contribution >= 4 is 21.4 Å². The van der Waals surface area contributed by atoms with E-state index in [1.165, 1.54) is 42.4 Å². The molecule has 1 aliphatic heterocycles. The molecule has 0 amide bonds. The summed E-state index contributed by atoms with van der Waals surface area (Å²) in [6.07, 6.45) is 7.42. The summed E-state index contributed by atoms with van der Waals surface area (Å²) < 4.78 is 4.56. The molecule has 0 aliphatic carbocycles. The molecule has 1 saturated heterocycles. The molecule has 0 bridgehead atoms. The number of nitrogens with one attached hydrogen (secondary N) is 1. The van der Waals surface area contributed by atoms with Gasteiger partial charge in [-0.3, -0.25) is 0 Å². The molecule has 0 aromatic carbocycles. The van der Waals surface area contributed by atoms with Crippen LogP contribution in [0.3, 0.4) is 0 Å². The number of hydrogen-bond acceptors (Lipinski definition) is 1. The Hall–Kier alpha value is 0.830. The monoisotopic (exact) mass is 299 g/mol. The summed E-state index contributed by atoms with van der Waals surface area (Å²) in [7, 11) is 0. The van der Waals surface area contributed by atoms with Crippen LogP contribution in [0.25, 0.3) is 0 Å². The van der Waals surface area contributed by atoms with E-state index in [9.17, 15) is 0 Å². The summed E-state index contributed by atoms with van der Waals surface area (Å²) >= 11 is -1.09. The van der Waals surface area contributed by atoms with Gasteiger partial charge in [0.2, 0.25) is 0 Å². The Morgan fingerprint density at radius 2 is 2.07 bits per heavy atom. The van der Waals surface area contributed by atoms with Gasteiger partial charge < -0.3 is 0 Å². The Labute approximate surface area is 97.6 Å². The van der Waals surface area contributed by atoms with Crippen molar-refractivity contribution in [2.75, 3.05) is 13.1 Å². The molecule has 1 aliphatic rings. The molecule has 0 radical (unpaired) electrons. The van der Waals surface area contributed by atoms with Gasteiger partial charge in [-0.05, 0) is 0 Å². The van der Waals surface area contributed by atoms with Gasteiger partial charge in [0.05, 0.1) is 0 Å². The number of rotatable bonds is 4. The zero-order valence-corrected chi connectivity index (χ0v) is 13.3. The van der Waals surface area contributed by atoms with Gasteiger partial charge in [0, 0.05) is 0 Å². The first-order valence-electron chi connectivity index (χ1n) is 6.59. The van der Waals surface area contributed by atoms with Crippen molar-refractivity contribution in [1.29, 1.82) is 0 Å². The van der Waals surface area contributed by atoms with E-state index in [0.717, 1.165) is 0 Å². The summed E-state index contributed by atoms with van der Waals surface area (Å²) in [5, 5.41) is 3.57. The Kier molecular flexibility index (Phi) is 7.40. The van der Waals surface area contributed by atoms with Gasteiger partial charge in [-0.25, -0.2) is 0 Å². The van der Waals surface area contributed by atoms with Crippen LogP contribution in [-0.4, -0.2) is 34.5 Å². The van der Waals surface area contributed by atoms with Crippen molar-refractivity contribution in [3.8, 4) is 0 Å². The molecule has 82 valence electrons. The van der Waals surface area contributed by atoms with E-state index in [1.54, 1.807) is 14.8 Å². The molecule has 0 spiro atoms. The standard InChI is InChI=1S/C9H19N.C3H7.In/c1-3-5-6-7-9-10-8-4-2;1-3-2;/h6,10H,2-5,7-9H2,1H3;1,3H2,2H3;. The third-order valence-corrected chi connectivity index (χ3v) is 16.4. The summed E-state index contributed by atoms with van der Waals surface area (Å²) in [6.45, 7) is 7.36. The van der Waals surface area contributed by atoms with E-state index in [0.29, 0.717) is 0 Å². The Bertz CT molecular complexity index is 122. The molecule has 2 heteroatoms. The summed E-state index contributed by atoms with van der Waals surface area (Å²) in [5.74, 6) is 0. The average molecular weight is 299 g/mol. The molecule has 1 unspecified atom stereocenters. The summed E-state index contributed by atoms with van der Waals surface area (Å²) in [6, 6.07) is 0. The minimum atomic E-state index is -1.09. The zero-order chi connectivity index (χ0) is 10.2. The van der Waals surface area contributed by atoms with E-state index in [-0.39, 0.29) is 0 Å². The fourth-order valence-corrected chi connectivity index (χ4v) is 14.7. The number of hydrogen-bond donors (Lipinski definition) is 1. The van der Waals surface area contributed by atoms with Crippen LogP contribution in [0.15, 0.2) is 0 Å². The van der Waals surface area contributed by atoms with Gasteiger partial charge in [-0.15, -0.1) is 0 Å². The first-order valence-corrected chi connectivity index (χ1v) is 13.2. The van der Waals surface area contributed by atoms with Crippen LogP contribution in [-0.2, 0) is 0 Å². The Morgan fingerprint density at radius 1 is 1.21 bits per heavy atom. The molecule has 1 N–H and O–H groups in total. The topological polar surface area (TPSA) is 12.0 Å². The molecule has 1 atom stereocenters. The molecular formula is C12H26InN. The van der Waals surface area contributed by atoms with Gasteiger partial charge in [-0.1, -0.05) is 0 Å². The summed E-state index contributed by atoms with van der Waals surface area (Å²) in [4.78, 5) is 0. The van der Waals surface area contributed by atoms with Gasteiger partial charge in [0.25, 0.3) is 0 Å². The molecule has 0 aromatic rings. The van der Waals surface area contributed by atoms with Gasteiger partial charge in [0.15, 0.2) is 0 Å². The van der Waals surface area contributed by atoms with Gasteiger partial charge in [0.1, 0.15) is 0 Å². The van der Waals surface area contributed by atoms with Crippen molar-refractivity contribution in [2.24, 2.45) is 0 Å². The average Bonchev–Trinajstić information content (AvgIpc) is 2.16. The second-order valence-corrected chi connectivity index (χ2v) is 15.1. The van der Waals surface area contributed by atoms with Crippen molar-refractivity contribution < 1.29 is 0 Å². The van der Waals surface area contributed by atoms with Gasteiger partial charge in [-0.2, -0.15) is 0 Å². The van der Waals surface area contributed by atoms with E-state index in [2.05, 4.69) is 19.2 Å². The SMILES string of the molecule is CCC[CH]1CCNCC[CH2][In]1[CH2]CC. The van der Waals surface area contributed by atoms with Crippen molar-refractivity contribution in [1.82, 2.24) is 5.32 Å². The van der Waals surface area contributed by atoms with E-state index < -0.39 is 21.4 Å². The zero-order valence-electron chi connectivity index (χ0n) is 10.0. The van der Waals surface area contributed by atoms with Crippen LogP contribution in [0.1, 0.15) is 46.0 Å². The molecule has 1 nitrogen and oxygen atoms in total. The van der Waals surface area contributed by atoms with Crippen LogP contribution in [0.2, 0.25) is 12.0 Å². The van der Waals surface area contributed by atoms with Crippen LogP contribution in [0, 0.1) is 0 Å². The quantitative estimate of drug-likeness (QED) is 0.838. The van der Waals surface area contributed by atoms with Crippen LogP contribution in [0.5, 0.6) is 0 Å². The van der Waals surface area contributed by atoms with Gasteiger partial charge >= 0.3 is 97.8 Å². The van der Waals surface area contributed by atoms with Crippen LogP contribution < -0.4 is 5.32 Å². The molecule has 1 fully saturated rings. The predicted molar refractivity (Wildman–Crippen MR) is 66.4 cm³/mol.